The van der Waals surface area contributed by atoms with Crippen molar-refractivity contribution in [1.82, 2.24) is 0 Å². The number of hydrogen-bond donors (Lipinski definition) is 0. The second-order valence-electron chi connectivity index (χ2n) is 5.94. The van der Waals surface area contributed by atoms with Crippen LogP contribution in [0.1, 0.15) is 12.8 Å². The van der Waals surface area contributed by atoms with E-state index >= 15 is 0 Å². The maximum atomic E-state index is 12.3. The van der Waals surface area contributed by atoms with Crippen molar-refractivity contribution in [3.8, 4) is 16.9 Å². The minimum absolute atomic E-state index is 0.337. The lowest BCUT2D eigenvalue weighted by molar-refractivity contribution is -0.144. The van der Waals surface area contributed by atoms with Gasteiger partial charge >= 0.3 is 11.6 Å². The van der Waals surface area contributed by atoms with Gasteiger partial charge in [0.2, 0.25) is 0 Å². The zero-order chi connectivity index (χ0) is 17.2. The van der Waals surface area contributed by atoms with Crippen molar-refractivity contribution in [2.45, 2.75) is 18.9 Å². The average molecular weight is 336 g/mol. The number of carbonyl (C=O) groups is 1. The summed E-state index contributed by atoms with van der Waals surface area (Å²) in [4.78, 5) is 24.3. The first-order valence-corrected chi connectivity index (χ1v) is 8.17. The lowest BCUT2D eigenvalue weighted by Crippen LogP contribution is -2.24. The monoisotopic (exact) mass is 336 g/mol. The van der Waals surface area contributed by atoms with Crippen molar-refractivity contribution >= 4 is 16.9 Å². The summed E-state index contributed by atoms with van der Waals surface area (Å²) < 4.78 is 16.1. The van der Waals surface area contributed by atoms with Gasteiger partial charge in [-0.15, -0.1) is 0 Å². The van der Waals surface area contributed by atoms with Crippen molar-refractivity contribution in [3.63, 3.8) is 0 Å². The second kappa shape index (κ2) is 6.53. The van der Waals surface area contributed by atoms with Gasteiger partial charge in [0.1, 0.15) is 11.3 Å². The molecule has 5 nitrogen and oxygen atoms in total. The highest BCUT2D eigenvalue weighted by atomic mass is 16.6. The van der Waals surface area contributed by atoms with Crippen LogP contribution in [0.25, 0.3) is 22.1 Å². The third kappa shape index (κ3) is 3.19. The molecule has 0 saturated carbocycles. The number of benzene rings is 2. The fourth-order valence-electron chi connectivity index (χ4n) is 2.92. The summed E-state index contributed by atoms with van der Waals surface area (Å²) in [5, 5.41) is 0.760. The molecule has 0 aliphatic carbocycles. The highest BCUT2D eigenvalue weighted by molar-refractivity contribution is 5.84. The summed E-state index contributed by atoms with van der Waals surface area (Å²) in [5.74, 6) is -0.0799. The van der Waals surface area contributed by atoms with E-state index in [0.717, 1.165) is 17.4 Å². The van der Waals surface area contributed by atoms with Crippen LogP contribution in [0.15, 0.2) is 63.8 Å². The summed E-state index contributed by atoms with van der Waals surface area (Å²) in [7, 11) is 0. The maximum absolute atomic E-state index is 12.3. The van der Waals surface area contributed by atoms with Crippen molar-refractivity contribution in [2.24, 2.45) is 0 Å². The molecule has 0 radical (unpaired) electrons. The van der Waals surface area contributed by atoms with Gasteiger partial charge in [-0.05, 0) is 36.6 Å². The van der Waals surface area contributed by atoms with Gasteiger partial charge in [-0.25, -0.2) is 9.59 Å². The first-order chi connectivity index (χ1) is 12.2. The van der Waals surface area contributed by atoms with E-state index in [4.69, 9.17) is 13.9 Å². The second-order valence-corrected chi connectivity index (χ2v) is 5.94. The first kappa shape index (κ1) is 15.6. The van der Waals surface area contributed by atoms with Crippen LogP contribution in [0.3, 0.4) is 0 Å². The van der Waals surface area contributed by atoms with E-state index in [-0.39, 0.29) is 0 Å². The molecule has 0 bridgehead atoms. The van der Waals surface area contributed by atoms with Crippen LogP contribution in [0, 0.1) is 0 Å². The SMILES string of the molecule is O=C(Oc1ccc2cc(-c3ccccc3)c(=O)oc2c1)C1CCCO1. The Morgan fingerprint density at radius 2 is 1.92 bits per heavy atom. The van der Waals surface area contributed by atoms with Crippen LogP contribution in [0.2, 0.25) is 0 Å². The zero-order valence-electron chi connectivity index (χ0n) is 13.4. The minimum Gasteiger partial charge on any atom is -0.424 e. The van der Waals surface area contributed by atoms with Crippen LogP contribution in [0.4, 0.5) is 0 Å². The number of rotatable bonds is 3. The molecule has 4 rings (SSSR count). The molecule has 3 aromatic rings. The van der Waals surface area contributed by atoms with Gasteiger partial charge in [0.25, 0.3) is 0 Å². The van der Waals surface area contributed by atoms with E-state index in [9.17, 15) is 9.59 Å². The molecule has 0 spiro atoms. The highest BCUT2D eigenvalue weighted by Gasteiger charge is 2.25. The molecule has 1 aromatic heterocycles. The van der Waals surface area contributed by atoms with Gasteiger partial charge in [-0.2, -0.15) is 0 Å². The molecule has 1 aliphatic heterocycles. The Labute approximate surface area is 143 Å². The van der Waals surface area contributed by atoms with Gasteiger partial charge in [-0.3, -0.25) is 0 Å². The Bertz CT molecular complexity index is 968. The number of esters is 1. The van der Waals surface area contributed by atoms with E-state index in [1.807, 2.05) is 30.3 Å². The molecule has 2 aromatic carbocycles. The summed E-state index contributed by atoms with van der Waals surface area (Å²) in [6.07, 6.45) is 1.01. The molecule has 0 N–H and O–H groups in total. The zero-order valence-corrected chi connectivity index (χ0v) is 13.4. The molecule has 126 valence electrons. The quantitative estimate of drug-likeness (QED) is 0.416. The fourth-order valence-corrected chi connectivity index (χ4v) is 2.92. The van der Waals surface area contributed by atoms with Crippen molar-refractivity contribution in [2.75, 3.05) is 6.61 Å². The smallest absolute Gasteiger partial charge is 0.344 e. The topological polar surface area (TPSA) is 65.7 Å². The van der Waals surface area contributed by atoms with Crippen LogP contribution >= 0.6 is 0 Å². The Morgan fingerprint density at radius 1 is 1.08 bits per heavy atom. The highest BCUT2D eigenvalue weighted by Crippen LogP contribution is 2.25. The standard InChI is InChI=1S/C20H16O5/c21-19-16(13-5-2-1-3-6-13)11-14-8-9-15(12-18(14)25-19)24-20(22)17-7-4-10-23-17/h1-3,5-6,8-9,11-12,17H,4,7,10H2. The average Bonchev–Trinajstić information content (AvgIpc) is 3.16. The van der Waals surface area contributed by atoms with E-state index in [1.165, 1.54) is 0 Å². The normalized spacial score (nSPS) is 16.9. The number of hydrogen-bond acceptors (Lipinski definition) is 5. The van der Waals surface area contributed by atoms with Gasteiger partial charge in [0, 0.05) is 18.1 Å². The molecule has 1 unspecified atom stereocenters. The summed E-state index contributed by atoms with van der Waals surface area (Å²) >= 11 is 0. The Hall–Kier alpha value is -2.92. The van der Waals surface area contributed by atoms with Crippen molar-refractivity contribution < 1.29 is 18.7 Å². The van der Waals surface area contributed by atoms with E-state index < -0.39 is 17.7 Å². The summed E-state index contributed by atoms with van der Waals surface area (Å²) in [6.45, 7) is 0.578. The molecule has 25 heavy (non-hydrogen) atoms. The van der Waals surface area contributed by atoms with Gasteiger partial charge < -0.3 is 13.9 Å². The molecule has 1 saturated heterocycles. The number of carbonyl (C=O) groups excluding carboxylic acids is 1. The molecule has 2 heterocycles. The Morgan fingerprint density at radius 3 is 2.68 bits per heavy atom. The number of fused-ring (bicyclic) bond motifs is 1. The van der Waals surface area contributed by atoms with Crippen LogP contribution in [-0.2, 0) is 9.53 Å². The summed E-state index contributed by atoms with van der Waals surface area (Å²) in [5.41, 5.74) is 1.24. The largest absolute Gasteiger partial charge is 0.424 e. The lowest BCUT2D eigenvalue weighted by atomic mass is 10.1. The van der Waals surface area contributed by atoms with Crippen LogP contribution in [-0.4, -0.2) is 18.7 Å². The predicted molar refractivity (Wildman–Crippen MR) is 92.5 cm³/mol. The third-order valence-corrected chi connectivity index (χ3v) is 4.20. The Kier molecular flexibility index (Phi) is 4.07. The minimum atomic E-state index is -0.511. The van der Waals surface area contributed by atoms with E-state index in [2.05, 4.69) is 0 Å². The molecule has 1 fully saturated rings. The molecule has 1 aliphatic rings. The van der Waals surface area contributed by atoms with E-state index in [0.29, 0.717) is 29.9 Å². The molecular formula is C20H16O5. The summed E-state index contributed by atoms with van der Waals surface area (Å²) in [6, 6.07) is 16.1. The van der Waals surface area contributed by atoms with Gasteiger partial charge in [0.05, 0.1) is 5.56 Å². The molecule has 1 atom stereocenters. The van der Waals surface area contributed by atoms with Crippen molar-refractivity contribution in [1.29, 1.82) is 0 Å². The lowest BCUT2D eigenvalue weighted by Gasteiger charge is -2.10. The van der Waals surface area contributed by atoms with Crippen LogP contribution < -0.4 is 10.4 Å². The predicted octanol–water partition coefficient (Wildman–Crippen LogP) is 3.54. The van der Waals surface area contributed by atoms with E-state index in [1.54, 1.807) is 24.3 Å². The van der Waals surface area contributed by atoms with Crippen molar-refractivity contribution in [3.05, 3.63) is 65.0 Å². The molecule has 5 heteroatoms. The first-order valence-electron chi connectivity index (χ1n) is 8.17. The van der Waals surface area contributed by atoms with Crippen LogP contribution in [0.5, 0.6) is 5.75 Å². The number of ether oxygens (including phenoxy) is 2. The third-order valence-electron chi connectivity index (χ3n) is 4.20. The molecular weight excluding hydrogens is 320 g/mol. The maximum Gasteiger partial charge on any atom is 0.344 e. The molecule has 0 amide bonds. The fraction of sp³-hybridized carbons (Fsp3) is 0.200. The van der Waals surface area contributed by atoms with Gasteiger partial charge in [0.15, 0.2) is 6.10 Å². The van der Waals surface area contributed by atoms with Gasteiger partial charge in [-0.1, -0.05) is 30.3 Å². The Balaban J connectivity index is 1.65.